The molecule has 0 atom stereocenters. The second kappa shape index (κ2) is 2.92. The number of hydrogen-bond acceptors (Lipinski definition) is 3. The van der Waals surface area contributed by atoms with Gasteiger partial charge in [-0.15, -0.1) is 11.8 Å². The first-order valence-corrected chi connectivity index (χ1v) is 4.22. The summed E-state index contributed by atoms with van der Waals surface area (Å²) in [7, 11) is 0. The molecule has 0 aliphatic carbocycles. The number of aryl methyl sites for hydroxylation is 1. The SMILES string of the molecule is CSc1ncc(C)cc1N. The Morgan fingerprint density at radius 2 is 2.30 bits per heavy atom. The largest absolute Gasteiger partial charge is 0.397 e. The third kappa shape index (κ3) is 1.42. The van der Waals surface area contributed by atoms with Crippen LogP contribution in [0, 0.1) is 6.92 Å². The van der Waals surface area contributed by atoms with E-state index in [0.717, 1.165) is 16.3 Å². The predicted molar refractivity (Wildman–Crippen MR) is 45.2 cm³/mol. The summed E-state index contributed by atoms with van der Waals surface area (Å²) in [5.74, 6) is 0. The van der Waals surface area contributed by atoms with Crippen molar-refractivity contribution in [3.8, 4) is 0 Å². The molecule has 0 unspecified atom stereocenters. The Balaban J connectivity index is 3.07. The summed E-state index contributed by atoms with van der Waals surface area (Å²) in [4.78, 5) is 4.13. The van der Waals surface area contributed by atoms with Gasteiger partial charge >= 0.3 is 0 Å². The van der Waals surface area contributed by atoms with Gasteiger partial charge in [-0.05, 0) is 24.8 Å². The van der Waals surface area contributed by atoms with Gasteiger partial charge in [0.1, 0.15) is 5.03 Å². The Morgan fingerprint density at radius 1 is 1.60 bits per heavy atom. The van der Waals surface area contributed by atoms with E-state index in [1.165, 1.54) is 0 Å². The quantitative estimate of drug-likeness (QED) is 0.626. The van der Waals surface area contributed by atoms with Crippen LogP contribution in [0.25, 0.3) is 0 Å². The van der Waals surface area contributed by atoms with E-state index in [2.05, 4.69) is 4.98 Å². The van der Waals surface area contributed by atoms with Crippen molar-refractivity contribution >= 4 is 17.4 Å². The first kappa shape index (κ1) is 7.41. The van der Waals surface area contributed by atoms with E-state index < -0.39 is 0 Å². The van der Waals surface area contributed by atoms with Crippen LogP contribution in [0.1, 0.15) is 5.56 Å². The topological polar surface area (TPSA) is 38.9 Å². The molecule has 2 N–H and O–H groups in total. The van der Waals surface area contributed by atoms with Gasteiger partial charge in [0.15, 0.2) is 0 Å². The Labute approximate surface area is 64.8 Å². The number of anilines is 1. The summed E-state index contributed by atoms with van der Waals surface area (Å²) in [6, 6.07) is 1.93. The van der Waals surface area contributed by atoms with E-state index in [4.69, 9.17) is 5.73 Å². The van der Waals surface area contributed by atoms with Gasteiger partial charge in [0, 0.05) is 6.20 Å². The van der Waals surface area contributed by atoms with E-state index in [-0.39, 0.29) is 0 Å². The average Bonchev–Trinajstić information content (AvgIpc) is 1.88. The van der Waals surface area contributed by atoms with Crippen molar-refractivity contribution in [1.82, 2.24) is 4.98 Å². The van der Waals surface area contributed by atoms with Crippen molar-refractivity contribution in [3.63, 3.8) is 0 Å². The monoisotopic (exact) mass is 154 g/mol. The molecule has 1 aromatic rings. The number of nitrogens with two attached hydrogens (primary N) is 1. The van der Waals surface area contributed by atoms with Gasteiger partial charge in [0.25, 0.3) is 0 Å². The lowest BCUT2D eigenvalue weighted by atomic mass is 10.3. The predicted octanol–water partition coefficient (Wildman–Crippen LogP) is 1.69. The fraction of sp³-hybridized carbons (Fsp3) is 0.286. The standard InChI is InChI=1S/C7H10N2S/c1-5-3-6(8)7(10-2)9-4-5/h3-4H,8H2,1-2H3. The van der Waals surface area contributed by atoms with Crippen molar-refractivity contribution in [3.05, 3.63) is 17.8 Å². The highest BCUT2D eigenvalue weighted by atomic mass is 32.2. The molecule has 0 saturated heterocycles. The van der Waals surface area contributed by atoms with Gasteiger partial charge in [-0.1, -0.05) is 0 Å². The minimum atomic E-state index is 0.771. The molecule has 0 spiro atoms. The van der Waals surface area contributed by atoms with Crippen molar-refractivity contribution in [2.24, 2.45) is 0 Å². The van der Waals surface area contributed by atoms with E-state index in [1.807, 2.05) is 25.4 Å². The molecule has 0 bridgehead atoms. The van der Waals surface area contributed by atoms with Crippen molar-refractivity contribution in [2.45, 2.75) is 11.9 Å². The molecular weight excluding hydrogens is 144 g/mol. The zero-order chi connectivity index (χ0) is 7.56. The van der Waals surface area contributed by atoms with E-state index in [9.17, 15) is 0 Å². The third-order valence-electron chi connectivity index (χ3n) is 1.21. The molecule has 54 valence electrons. The smallest absolute Gasteiger partial charge is 0.119 e. The number of hydrogen-bond donors (Lipinski definition) is 1. The summed E-state index contributed by atoms with van der Waals surface area (Å²) in [5.41, 5.74) is 7.53. The van der Waals surface area contributed by atoms with Gasteiger partial charge in [-0.2, -0.15) is 0 Å². The van der Waals surface area contributed by atoms with Gasteiger partial charge < -0.3 is 5.73 Å². The van der Waals surface area contributed by atoms with Crippen LogP contribution in [0.4, 0.5) is 5.69 Å². The number of nitrogen functional groups attached to an aromatic ring is 1. The highest BCUT2D eigenvalue weighted by molar-refractivity contribution is 7.98. The van der Waals surface area contributed by atoms with Crippen LogP contribution in [0.15, 0.2) is 17.3 Å². The van der Waals surface area contributed by atoms with Crippen LogP contribution in [0.5, 0.6) is 0 Å². The summed E-state index contributed by atoms with van der Waals surface area (Å²) >= 11 is 1.57. The second-order valence-corrected chi connectivity index (χ2v) is 2.91. The van der Waals surface area contributed by atoms with Crippen molar-refractivity contribution in [2.75, 3.05) is 12.0 Å². The minimum absolute atomic E-state index is 0.771. The molecule has 3 heteroatoms. The zero-order valence-electron chi connectivity index (χ0n) is 6.09. The Kier molecular flexibility index (Phi) is 2.17. The first-order valence-electron chi connectivity index (χ1n) is 3.00. The molecule has 2 nitrogen and oxygen atoms in total. The molecule has 1 heterocycles. The minimum Gasteiger partial charge on any atom is -0.397 e. The highest BCUT2D eigenvalue weighted by Gasteiger charge is 1.96. The van der Waals surface area contributed by atoms with Crippen LogP contribution in [-0.2, 0) is 0 Å². The maximum Gasteiger partial charge on any atom is 0.119 e. The van der Waals surface area contributed by atoms with Crippen molar-refractivity contribution in [1.29, 1.82) is 0 Å². The normalized spacial score (nSPS) is 9.80. The van der Waals surface area contributed by atoms with Crippen LogP contribution >= 0.6 is 11.8 Å². The summed E-state index contributed by atoms with van der Waals surface area (Å²) < 4.78 is 0. The molecule has 10 heavy (non-hydrogen) atoms. The molecular formula is C7H10N2S. The Bertz CT molecular complexity index is 235. The number of nitrogens with zero attached hydrogens (tertiary/aromatic N) is 1. The molecule has 0 aromatic carbocycles. The number of thioether (sulfide) groups is 1. The van der Waals surface area contributed by atoms with E-state index in [1.54, 1.807) is 11.8 Å². The lowest BCUT2D eigenvalue weighted by molar-refractivity contribution is 1.12. The van der Waals surface area contributed by atoms with E-state index >= 15 is 0 Å². The fourth-order valence-electron chi connectivity index (χ4n) is 0.750. The Hall–Kier alpha value is -0.700. The first-order chi connectivity index (χ1) is 4.74. The molecule has 0 aliphatic heterocycles. The van der Waals surface area contributed by atoms with Crippen LogP contribution < -0.4 is 5.73 Å². The number of pyridine rings is 1. The lowest BCUT2D eigenvalue weighted by Gasteiger charge is -2.00. The maximum absolute atomic E-state index is 5.65. The summed E-state index contributed by atoms with van der Waals surface area (Å²) in [6.45, 7) is 1.98. The lowest BCUT2D eigenvalue weighted by Crippen LogP contribution is -1.91. The molecule has 1 aromatic heterocycles. The highest BCUT2D eigenvalue weighted by Crippen LogP contribution is 2.19. The molecule has 0 saturated carbocycles. The van der Waals surface area contributed by atoms with Gasteiger partial charge in [-0.3, -0.25) is 0 Å². The Morgan fingerprint density at radius 3 is 2.80 bits per heavy atom. The van der Waals surface area contributed by atoms with Gasteiger partial charge in [-0.25, -0.2) is 4.98 Å². The van der Waals surface area contributed by atoms with Crippen LogP contribution in [0.2, 0.25) is 0 Å². The molecule has 0 radical (unpaired) electrons. The van der Waals surface area contributed by atoms with Crippen LogP contribution in [0.3, 0.4) is 0 Å². The molecule has 0 aliphatic rings. The van der Waals surface area contributed by atoms with Gasteiger partial charge in [0.2, 0.25) is 0 Å². The van der Waals surface area contributed by atoms with Gasteiger partial charge in [0.05, 0.1) is 5.69 Å². The molecule has 0 amide bonds. The van der Waals surface area contributed by atoms with Crippen molar-refractivity contribution < 1.29 is 0 Å². The van der Waals surface area contributed by atoms with E-state index in [0.29, 0.717) is 0 Å². The fourth-order valence-corrected chi connectivity index (χ4v) is 1.20. The molecule has 1 rings (SSSR count). The van der Waals surface area contributed by atoms with Crippen LogP contribution in [-0.4, -0.2) is 11.2 Å². The summed E-state index contributed by atoms with van der Waals surface area (Å²) in [6.07, 6.45) is 3.79. The maximum atomic E-state index is 5.65. The number of aromatic nitrogens is 1. The molecule has 0 fully saturated rings. The second-order valence-electron chi connectivity index (χ2n) is 2.11. The zero-order valence-corrected chi connectivity index (χ0v) is 6.90. The third-order valence-corrected chi connectivity index (χ3v) is 1.94. The number of rotatable bonds is 1. The summed E-state index contributed by atoms with van der Waals surface area (Å²) in [5, 5.41) is 0.908. The average molecular weight is 154 g/mol.